The Bertz CT molecular complexity index is 1740. The van der Waals surface area contributed by atoms with Crippen LogP contribution in [-0.2, 0) is 24.5 Å². The van der Waals surface area contributed by atoms with Crippen LogP contribution in [0.5, 0.6) is 23.0 Å². The third-order valence-corrected chi connectivity index (χ3v) is 8.92. The van der Waals surface area contributed by atoms with Crippen LogP contribution >= 0.6 is 0 Å². The molecule has 20 nitrogen and oxygen atoms in total. The van der Waals surface area contributed by atoms with E-state index in [-0.39, 0.29) is 42.6 Å². The zero-order valence-electron chi connectivity index (χ0n) is 30.1. The Balaban J connectivity index is 1.52. The quantitative estimate of drug-likeness (QED) is 0.0317. The maximum atomic E-state index is 12.3. The Morgan fingerprint density at radius 1 is 0.582 bits per heavy atom. The van der Waals surface area contributed by atoms with E-state index < -0.39 is 74.2 Å². The van der Waals surface area contributed by atoms with Crippen LogP contribution in [-0.4, -0.2) is 131 Å². The molecule has 306 valence electrons. The molecule has 0 aliphatic heterocycles. The van der Waals surface area contributed by atoms with Gasteiger partial charge in [0, 0.05) is 31.7 Å². The molecule has 0 saturated carbocycles. The van der Waals surface area contributed by atoms with Gasteiger partial charge in [-0.15, -0.1) is 0 Å². The highest BCUT2D eigenvalue weighted by Crippen LogP contribution is 2.34. The van der Waals surface area contributed by atoms with E-state index in [2.05, 4.69) is 31.9 Å². The molecule has 1 atom stereocenters. The van der Waals surface area contributed by atoms with Crippen molar-refractivity contribution in [2.45, 2.75) is 61.9 Å². The molecule has 0 radical (unpaired) electrons. The molecule has 0 aliphatic rings. The first kappa shape index (κ1) is 45.9. The van der Waals surface area contributed by atoms with E-state index in [1.807, 2.05) is 0 Å². The number of carboxylic acids is 1. The summed E-state index contributed by atoms with van der Waals surface area (Å²) in [6.45, 7) is 3.09. The van der Waals surface area contributed by atoms with Crippen molar-refractivity contribution >= 4 is 39.7 Å². The highest BCUT2D eigenvalue weighted by atomic mass is 32.2. The monoisotopic (exact) mass is 798 g/mol. The summed E-state index contributed by atoms with van der Waals surface area (Å²) in [6, 6.07) is 5.64. The number of aromatic hydroxyl groups is 4. The van der Waals surface area contributed by atoms with E-state index in [1.54, 1.807) is 0 Å². The van der Waals surface area contributed by atoms with Crippen LogP contribution in [0.15, 0.2) is 35.2 Å². The van der Waals surface area contributed by atoms with Gasteiger partial charge in [0.05, 0.1) is 18.4 Å². The highest BCUT2D eigenvalue weighted by Gasteiger charge is 2.40. The lowest BCUT2D eigenvalue weighted by Crippen LogP contribution is -2.47. The molecule has 55 heavy (non-hydrogen) atoms. The second kappa shape index (κ2) is 22.9. The lowest BCUT2D eigenvalue weighted by molar-refractivity contribution is -0.164. The van der Waals surface area contributed by atoms with Gasteiger partial charge >= 0.3 is 5.97 Å². The maximum Gasteiger partial charge on any atom is 0.336 e. The number of carbonyl (C=O) groups excluding carboxylic acids is 4. The molecule has 1 unspecified atom stereocenters. The first-order valence-corrected chi connectivity index (χ1v) is 18.9. The van der Waals surface area contributed by atoms with Crippen molar-refractivity contribution in [3.63, 3.8) is 0 Å². The molecule has 0 fully saturated rings. The van der Waals surface area contributed by atoms with Gasteiger partial charge in [-0.1, -0.05) is 0 Å². The van der Waals surface area contributed by atoms with Gasteiger partial charge < -0.3 is 62.5 Å². The van der Waals surface area contributed by atoms with Crippen LogP contribution in [0, 0.1) is 0 Å². The number of nitrogens with one attached hydrogen (secondary N) is 6. The largest absolute Gasteiger partial charge is 0.504 e. The van der Waals surface area contributed by atoms with Crippen LogP contribution in [0.1, 0.15) is 72.1 Å². The number of carboxylic acid groups (broad SMARTS) is 1. The molecular formula is C34H50N6O14S. The fourth-order valence-corrected chi connectivity index (χ4v) is 5.81. The average molecular weight is 799 g/mol. The Morgan fingerprint density at radius 2 is 1.04 bits per heavy atom. The van der Waals surface area contributed by atoms with Crippen LogP contribution < -0.4 is 31.9 Å². The van der Waals surface area contributed by atoms with E-state index in [0.29, 0.717) is 71.2 Å². The minimum Gasteiger partial charge on any atom is -0.504 e. The van der Waals surface area contributed by atoms with E-state index in [4.69, 9.17) is 0 Å². The van der Waals surface area contributed by atoms with Crippen molar-refractivity contribution in [3.8, 4) is 23.0 Å². The zero-order valence-corrected chi connectivity index (χ0v) is 30.9. The summed E-state index contributed by atoms with van der Waals surface area (Å²) in [4.78, 5) is 59.7. The predicted molar refractivity (Wildman–Crippen MR) is 195 cm³/mol. The van der Waals surface area contributed by atoms with Gasteiger partial charge in [-0.2, -0.15) is 8.42 Å². The van der Waals surface area contributed by atoms with Gasteiger partial charge in [0.15, 0.2) is 33.5 Å². The van der Waals surface area contributed by atoms with Gasteiger partial charge in [0.25, 0.3) is 21.9 Å². The van der Waals surface area contributed by atoms with Crippen LogP contribution in [0.3, 0.4) is 0 Å². The van der Waals surface area contributed by atoms with Gasteiger partial charge in [-0.25, -0.2) is 4.79 Å². The number of phenolic OH excluding ortho intramolecular Hbond substituents is 4. The molecule has 2 aromatic carbocycles. The van der Waals surface area contributed by atoms with E-state index >= 15 is 0 Å². The minimum absolute atomic E-state index is 0.112. The van der Waals surface area contributed by atoms with Crippen molar-refractivity contribution in [3.05, 3.63) is 41.5 Å². The van der Waals surface area contributed by atoms with Crippen molar-refractivity contribution in [1.82, 2.24) is 31.9 Å². The summed E-state index contributed by atoms with van der Waals surface area (Å²) in [5.41, 5.74) is -2.92. The second-order valence-corrected chi connectivity index (χ2v) is 13.9. The number of amides is 4. The van der Waals surface area contributed by atoms with E-state index in [1.165, 1.54) is 18.2 Å². The van der Waals surface area contributed by atoms with Gasteiger partial charge in [-0.3, -0.25) is 23.7 Å². The van der Waals surface area contributed by atoms with Crippen molar-refractivity contribution in [2.24, 2.45) is 0 Å². The third kappa shape index (κ3) is 16.4. The number of hydrogen-bond donors (Lipinski definition) is 13. The summed E-state index contributed by atoms with van der Waals surface area (Å²) >= 11 is 0. The summed E-state index contributed by atoms with van der Waals surface area (Å²) in [7, 11) is -5.00. The first-order chi connectivity index (χ1) is 26.0. The standard InChI is InChI=1S/C34H50N6O14S/c41-24-9-7-22(19-26(24)43)31(47)39-17-5-13-35-11-1-3-15-37-27(44)20-34(51,33(49)50)21-28(45)38-16-4-2-12-36-14-6-18-40-32(48)23-8-10-25(42)29(46)30(23)55(52,53)54/h7-10,19,35-36,41-43,46,51H,1-6,11-18,20-21H2,(H,37,44)(H,38,45)(H,39,47)(H,40,48)(H,49,50)(H,52,53,54). The predicted octanol–water partition coefficient (Wildman–Crippen LogP) is -0.736. The number of aliphatic carboxylic acids is 1. The maximum absolute atomic E-state index is 12.3. The molecule has 21 heteroatoms. The molecule has 0 aliphatic carbocycles. The molecule has 0 saturated heterocycles. The van der Waals surface area contributed by atoms with Crippen molar-refractivity contribution < 1.29 is 67.6 Å². The molecule has 0 bridgehead atoms. The number of unbranched alkanes of at least 4 members (excludes halogenated alkanes) is 2. The summed E-state index contributed by atoms with van der Waals surface area (Å²) in [5.74, 6) is -7.12. The Morgan fingerprint density at radius 3 is 1.53 bits per heavy atom. The van der Waals surface area contributed by atoms with Crippen LogP contribution in [0.2, 0.25) is 0 Å². The molecule has 0 aromatic heterocycles. The Hall–Kier alpha value is -5.22. The average Bonchev–Trinajstić information content (AvgIpc) is 3.11. The lowest BCUT2D eigenvalue weighted by atomic mass is 9.94. The molecule has 13 N–H and O–H groups in total. The van der Waals surface area contributed by atoms with Gasteiger partial charge in [-0.05, 0) is 95.0 Å². The number of benzene rings is 2. The summed E-state index contributed by atoms with van der Waals surface area (Å²) in [6.07, 6.45) is 1.76. The number of phenols is 4. The van der Waals surface area contributed by atoms with E-state index in [9.17, 15) is 67.6 Å². The number of aliphatic hydroxyl groups is 1. The Labute approximate surface area is 317 Å². The highest BCUT2D eigenvalue weighted by molar-refractivity contribution is 7.86. The zero-order chi connectivity index (χ0) is 41.0. The molecule has 2 aromatic rings. The topological polar surface area (TPSA) is 333 Å². The summed E-state index contributed by atoms with van der Waals surface area (Å²) < 4.78 is 32.4. The minimum atomic E-state index is -5.00. The third-order valence-electron chi connectivity index (χ3n) is 7.99. The lowest BCUT2D eigenvalue weighted by Gasteiger charge is -2.22. The van der Waals surface area contributed by atoms with Crippen LogP contribution in [0.4, 0.5) is 0 Å². The van der Waals surface area contributed by atoms with Crippen molar-refractivity contribution in [2.75, 3.05) is 52.4 Å². The van der Waals surface area contributed by atoms with E-state index in [0.717, 1.165) is 12.1 Å². The Kier molecular flexibility index (Phi) is 19.1. The fraction of sp³-hybridized carbons (Fsp3) is 0.500. The smallest absolute Gasteiger partial charge is 0.336 e. The second-order valence-electron chi connectivity index (χ2n) is 12.5. The molecular weight excluding hydrogens is 748 g/mol. The summed E-state index contributed by atoms with van der Waals surface area (Å²) in [5, 5.41) is 74.6. The first-order valence-electron chi connectivity index (χ1n) is 17.5. The fourth-order valence-electron chi connectivity index (χ4n) is 5.02. The molecule has 0 heterocycles. The number of hydrogen-bond acceptors (Lipinski definition) is 14. The number of rotatable bonds is 26. The van der Waals surface area contributed by atoms with Crippen LogP contribution in [0.25, 0.3) is 0 Å². The van der Waals surface area contributed by atoms with Crippen molar-refractivity contribution in [1.29, 1.82) is 0 Å². The SMILES string of the molecule is O=C(CC(O)(CC(=O)NCCCCNCCCNC(=O)c1ccc(O)c(O)c1S(=O)(=O)O)C(=O)O)NCCCCNCCCNC(=O)c1ccc(O)c(O)c1. The number of carbonyl (C=O) groups is 5. The van der Waals surface area contributed by atoms with Gasteiger partial charge in [0.2, 0.25) is 11.8 Å². The normalized spacial score (nSPS) is 12.3. The molecule has 4 amide bonds. The van der Waals surface area contributed by atoms with Gasteiger partial charge in [0.1, 0.15) is 0 Å². The molecule has 2 rings (SSSR count). The molecule has 0 spiro atoms.